The Hall–Kier alpha value is -1.11. The molecule has 1 aromatic carbocycles. The highest BCUT2D eigenvalue weighted by Crippen LogP contribution is 2.31. The fourth-order valence-corrected chi connectivity index (χ4v) is 4.31. The van der Waals surface area contributed by atoms with Gasteiger partial charge in [0.05, 0.1) is 4.90 Å². The van der Waals surface area contributed by atoms with Crippen molar-refractivity contribution >= 4 is 15.7 Å². The molecule has 2 aliphatic heterocycles. The van der Waals surface area contributed by atoms with E-state index in [-0.39, 0.29) is 0 Å². The van der Waals surface area contributed by atoms with E-state index in [2.05, 4.69) is 10.2 Å². The lowest BCUT2D eigenvalue weighted by Crippen LogP contribution is -2.45. The van der Waals surface area contributed by atoms with Gasteiger partial charge in [0.2, 0.25) is 10.0 Å². The minimum Gasteiger partial charge on any atom is -0.367 e. The summed E-state index contributed by atoms with van der Waals surface area (Å²) in [4.78, 5) is 2.79. The van der Waals surface area contributed by atoms with Gasteiger partial charge in [0.25, 0.3) is 0 Å². The van der Waals surface area contributed by atoms with Crippen LogP contribution in [-0.4, -0.2) is 52.5 Å². The van der Waals surface area contributed by atoms with Crippen LogP contribution in [0, 0.1) is 5.92 Å². The van der Waals surface area contributed by atoms with Crippen molar-refractivity contribution in [2.75, 3.05) is 38.6 Å². The van der Waals surface area contributed by atoms with Crippen molar-refractivity contribution in [1.82, 2.24) is 9.62 Å². The molecule has 2 unspecified atom stereocenters. The summed E-state index contributed by atoms with van der Waals surface area (Å²) in [5.74, 6) is 0.726. The number of rotatable bonds is 3. The van der Waals surface area contributed by atoms with Gasteiger partial charge in [-0.1, -0.05) is 0 Å². The van der Waals surface area contributed by atoms with Gasteiger partial charge in [-0.05, 0) is 43.0 Å². The number of fused-ring (bicyclic) bond motifs is 1. The largest absolute Gasteiger partial charge is 0.367 e. The summed E-state index contributed by atoms with van der Waals surface area (Å²) in [5.41, 5.74) is 1.13. The fourth-order valence-electron chi connectivity index (χ4n) is 3.41. The van der Waals surface area contributed by atoms with Crippen LogP contribution in [0.4, 0.5) is 5.69 Å². The first-order chi connectivity index (χ1) is 10.00. The predicted octanol–water partition coefficient (Wildman–Crippen LogP) is 1.13. The van der Waals surface area contributed by atoms with Gasteiger partial charge in [-0.25, -0.2) is 12.7 Å². The molecule has 0 amide bonds. The maximum Gasteiger partial charge on any atom is 0.242 e. The van der Waals surface area contributed by atoms with E-state index in [4.69, 9.17) is 0 Å². The fraction of sp³-hybridized carbons (Fsp3) is 0.600. The standard InChI is InChI=1S/C15H23N3O2S/c1-17(2)21(19,20)14-7-5-13(6-8-14)18-9-3-4-12-10-16-11-15(12)18/h5-8,12,15-16H,3-4,9-11H2,1-2H3. The van der Waals surface area contributed by atoms with Crippen LogP contribution in [0.25, 0.3) is 0 Å². The smallest absolute Gasteiger partial charge is 0.242 e. The Balaban J connectivity index is 1.84. The molecule has 2 fully saturated rings. The van der Waals surface area contributed by atoms with Crippen LogP contribution in [0.5, 0.6) is 0 Å². The topological polar surface area (TPSA) is 52.7 Å². The second-order valence-electron chi connectivity index (χ2n) is 6.10. The van der Waals surface area contributed by atoms with Crippen LogP contribution in [-0.2, 0) is 10.0 Å². The molecule has 2 atom stereocenters. The zero-order valence-electron chi connectivity index (χ0n) is 12.6. The van der Waals surface area contributed by atoms with Crippen LogP contribution >= 0.6 is 0 Å². The Morgan fingerprint density at radius 2 is 1.90 bits per heavy atom. The van der Waals surface area contributed by atoms with E-state index in [0.717, 1.165) is 31.2 Å². The molecule has 0 aromatic heterocycles. The summed E-state index contributed by atoms with van der Waals surface area (Å²) in [6, 6.07) is 7.87. The quantitative estimate of drug-likeness (QED) is 0.909. The molecule has 0 aliphatic carbocycles. The molecule has 3 rings (SSSR count). The van der Waals surface area contributed by atoms with Gasteiger partial charge in [0, 0.05) is 45.5 Å². The SMILES string of the molecule is CN(C)S(=O)(=O)c1ccc(N2CCCC3CNCC32)cc1. The highest BCUT2D eigenvalue weighted by Gasteiger charge is 2.35. The lowest BCUT2D eigenvalue weighted by Gasteiger charge is -2.38. The van der Waals surface area contributed by atoms with Crippen molar-refractivity contribution in [3.63, 3.8) is 0 Å². The Kier molecular flexibility index (Phi) is 3.94. The van der Waals surface area contributed by atoms with E-state index in [9.17, 15) is 8.42 Å². The van der Waals surface area contributed by atoms with Gasteiger partial charge in [-0.15, -0.1) is 0 Å². The van der Waals surface area contributed by atoms with E-state index in [1.807, 2.05) is 12.1 Å². The minimum atomic E-state index is -3.34. The van der Waals surface area contributed by atoms with Crippen LogP contribution in [0.2, 0.25) is 0 Å². The number of sulfonamides is 1. The summed E-state index contributed by atoms with van der Waals surface area (Å²) < 4.78 is 25.5. The predicted molar refractivity (Wildman–Crippen MR) is 84.0 cm³/mol. The van der Waals surface area contributed by atoms with Crippen molar-refractivity contribution in [1.29, 1.82) is 0 Å². The average molecular weight is 309 g/mol. The summed E-state index contributed by atoms with van der Waals surface area (Å²) in [5, 5.41) is 3.47. The molecule has 116 valence electrons. The van der Waals surface area contributed by atoms with Crippen molar-refractivity contribution in [3.8, 4) is 0 Å². The summed E-state index contributed by atoms with van der Waals surface area (Å²) in [7, 11) is -0.223. The van der Waals surface area contributed by atoms with Gasteiger partial charge < -0.3 is 10.2 Å². The molecule has 0 bridgehead atoms. The van der Waals surface area contributed by atoms with Gasteiger partial charge in [0.15, 0.2) is 0 Å². The summed E-state index contributed by atoms with van der Waals surface area (Å²) in [6.45, 7) is 3.19. The van der Waals surface area contributed by atoms with Crippen molar-refractivity contribution in [2.24, 2.45) is 5.92 Å². The molecule has 0 saturated carbocycles. The number of nitrogens with zero attached hydrogens (tertiary/aromatic N) is 2. The molecule has 0 spiro atoms. The normalized spacial score (nSPS) is 26.1. The summed E-state index contributed by atoms with van der Waals surface area (Å²) in [6.07, 6.45) is 2.50. The van der Waals surface area contributed by atoms with Gasteiger partial charge in [-0.3, -0.25) is 0 Å². The van der Waals surface area contributed by atoms with E-state index < -0.39 is 10.0 Å². The first-order valence-corrected chi connectivity index (χ1v) is 8.94. The first kappa shape index (κ1) is 14.8. The number of hydrogen-bond acceptors (Lipinski definition) is 4. The molecule has 1 aromatic rings. The molecule has 6 heteroatoms. The highest BCUT2D eigenvalue weighted by atomic mass is 32.2. The number of nitrogens with one attached hydrogen (secondary N) is 1. The zero-order valence-corrected chi connectivity index (χ0v) is 13.4. The third-order valence-electron chi connectivity index (χ3n) is 4.63. The molecule has 5 nitrogen and oxygen atoms in total. The van der Waals surface area contributed by atoms with E-state index >= 15 is 0 Å². The van der Waals surface area contributed by atoms with E-state index in [1.54, 1.807) is 26.2 Å². The molecule has 2 aliphatic rings. The van der Waals surface area contributed by atoms with Crippen molar-refractivity contribution in [2.45, 2.75) is 23.8 Å². The minimum absolute atomic E-state index is 0.356. The van der Waals surface area contributed by atoms with Crippen LogP contribution in [0.3, 0.4) is 0 Å². The Bertz CT molecular complexity index is 598. The first-order valence-electron chi connectivity index (χ1n) is 7.50. The molecule has 21 heavy (non-hydrogen) atoms. The lowest BCUT2D eigenvalue weighted by atomic mass is 9.91. The van der Waals surface area contributed by atoms with Gasteiger partial charge >= 0.3 is 0 Å². The number of anilines is 1. The maximum atomic E-state index is 12.1. The maximum absolute atomic E-state index is 12.1. The Labute approximate surface area is 127 Å². The molecule has 1 N–H and O–H groups in total. The lowest BCUT2D eigenvalue weighted by molar-refractivity contribution is 0.385. The molecular weight excluding hydrogens is 286 g/mol. The van der Waals surface area contributed by atoms with Crippen LogP contribution < -0.4 is 10.2 Å². The molecule has 2 saturated heterocycles. The molecule has 2 heterocycles. The van der Waals surface area contributed by atoms with Crippen molar-refractivity contribution in [3.05, 3.63) is 24.3 Å². The van der Waals surface area contributed by atoms with Crippen LogP contribution in [0.1, 0.15) is 12.8 Å². The van der Waals surface area contributed by atoms with Gasteiger partial charge in [0.1, 0.15) is 0 Å². The average Bonchev–Trinajstić information content (AvgIpc) is 2.95. The van der Waals surface area contributed by atoms with Crippen molar-refractivity contribution < 1.29 is 8.42 Å². The monoisotopic (exact) mass is 309 g/mol. The number of piperidine rings is 1. The van der Waals surface area contributed by atoms with Crippen LogP contribution in [0.15, 0.2) is 29.2 Å². The summed E-state index contributed by atoms with van der Waals surface area (Å²) >= 11 is 0. The highest BCUT2D eigenvalue weighted by molar-refractivity contribution is 7.89. The number of benzene rings is 1. The molecular formula is C15H23N3O2S. The van der Waals surface area contributed by atoms with Gasteiger partial charge in [-0.2, -0.15) is 0 Å². The molecule has 0 radical (unpaired) electrons. The second kappa shape index (κ2) is 5.59. The number of hydrogen-bond donors (Lipinski definition) is 1. The zero-order chi connectivity index (χ0) is 15.0. The Morgan fingerprint density at radius 1 is 1.19 bits per heavy atom. The third kappa shape index (κ3) is 2.67. The van der Waals surface area contributed by atoms with E-state index in [1.165, 1.54) is 17.1 Å². The Morgan fingerprint density at radius 3 is 2.57 bits per heavy atom. The second-order valence-corrected chi connectivity index (χ2v) is 8.25. The third-order valence-corrected chi connectivity index (χ3v) is 6.45. The van der Waals surface area contributed by atoms with E-state index in [0.29, 0.717) is 10.9 Å².